The first-order valence-electron chi connectivity index (χ1n) is 5.29. The van der Waals surface area contributed by atoms with Crippen LogP contribution in [0.5, 0.6) is 0 Å². The van der Waals surface area contributed by atoms with Crippen molar-refractivity contribution in [2.45, 2.75) is 19.4 Å². The van der Waals surface area contributed by atoms with Gasteiger partial charge < -0.3 is 15.2 Å². The number of halogens is 1. The molecule has 0 aliphatic carbocycles. The zero-order valence-corrected chi connectivity index (χ0v) is 9.90. The van der Waals surface area contributed by atoms with Gasteiger partial charge in [0.1, 0.15) is 11.9 Å². The van der Waals surface area contributed by atoms with E-state index in [1.54, 1.807) is 14.0 Å². The number of nitrogen functional groups attached to an aromatic ring is 1. The second kappa shape index (κ2) is 6.20. The Morgan fingerprint density at radius 1 is 1.53 bits per heavy atom. The third-order valence-electron chi connectivity index (χ3n) is 2.27. The van der Waals surface area contributed by atoms with Gasteiger partial charge in [0.05, 0.1) is 11.3 Å². The Bertz CT molecular complexity index is 395. The molecule has 0 radical (unpaired) electrons. The van der Waals surface area contributed by atoms with Gasteiger partial charge in [-0.05, 0) is 25.1 Å². The third-order valence-corrected chi connectivity index (χ3v) is 2.27. The van der Waals surface area contributed by atoms with E-state index in [1.807, 2.05) is 0 Å². The first kappa shape index (κ1) is 13.4. The van der Waals surface area contributed by atoms with Crippen molar-refractivity contribution in [2.75, 3.05) is 19.5 Å². The van der Waals surface area contributed by atoms with Gasteiger partial charge >= 0.3 is 5.97 Å². The van der Waals surface area contributed by atoms with E-state index in [4.69, 9.17) is 15.2 Å². The van der Waals surface area contributed by atoms with Crippen LogP contribution in [-0.4, -0.2) is 25.8 Å². The molecule has 1 atom stereocenters. The zero-order valence-electron chi connectivity index (χ0n) is 9.90. The molecule has 4 nitrogen and oxygen atoms in total. The minimum absolute atomic E-state index is 0.0657. The number of nitrogens with two attached hydrogens (primary N) is 1. The Morgan fingerprint density at radius 3 is 2.82 bits per heavy atom. The maximum atomic E-state index is 12.9. The fraction of sp³-hybridized carbons (Fsp3) is 0.417. The summed E-state index contributed by atoms with van der Waals surface area (Å²) in [7, 11) is 1.58. The molecule has 2 N–H and O–H groups in total. The number of benzene rings is 1. The summed E-state index contributed by atoms with van der Waals surface area (Å²) in [6.45, 7) is 2.28. The Labute approximate surface area is 99.5 Å². The Kier molecular flexibility index (Phi) is 4.90. The Hall–Kier alpha value is -1.62. The topological polar surface area (TPSA) is 61.5 Å². The lowest BCUT2D eigenvalue weighted by atomic mass is 10.2. The number of anilines is 1. The summed E-state index contributed by atoms with van der Waals surface area (Å²) in [6, 6.07) is 3.75. The molecule has 5 heteroatoms. The first-order valence-corrected chi connectivity index (χ1v) is 5.29. The lowest BCUT2D eigenvalue weighted by Crippen LogP contribution is -2.17. The molecule has 17 heavy (non-hydrogen) atoms. The number of carbonyl (C=O) groups excluding carboxylic acids is 1. The van der Waals surface area contributed by atoms with Crippen LogP contribution in [0.2, 0.25) is 0 Å². The van der Waals surface area contributed by atoms with E-state index in [0.29, 0.717) is 13.0 Å². The van der Waals surface area contributed by atoms with Crippen LogP contribution in [0, 0.1) is 5.82 Å². The second-order valence-corrected chi connectivity index (χ2v) is 3.73. The van der Waals surface area contributed by atoms with Gasteiger partial charge in [-0.15, -0.1) is 0 Å². The summed E-state index contributed by atoms with van der Waals surface area (Å²) in [6.07, 6.45) is 0.354. The molecular formula is C12H16FNO3. The van der Waals surface area contributed by atoms with Gasteiger partial charge in [-0.25, -0.2) is 9.18 Å². The monoisotopic (exact) mass is 241 g/mol. The quantitative estimate of drug-likeness (QED) is 0.632. The van der Waals surface area contributed by atoms with Crippen molar-refractivity contribution < 1.29 is 18.7 Å². The highest BCUT2D eigenvalue weighted by Crippen LogP contribution is 2.14. The van der Waals surface area contributed by atoms with Crippen LogP contribution in [0.3, 0.4) is 0 Å². The highest BCUT2D eigenvalue weighted by molar-refractivity contribution is 5.90. The van der Waals surface area contributed by atoms with Crippen molar-refractivity contribution in [3.05, 3.63) is 29.6 Å². The van der Waals surface area contributed by atoms with Crippen molar-refractivity contribution >= 4 is 11.7 Å². The predicted molar refractivity (Wildman–Crippen MR) is 62.2 cm³/mol. The molecule has 0 heterocycles. The van der Waals surface area contributed by atoms with E-state index in [1.165, 1.54) is 12.1 Å². The number of esters is 1. The van der Waals surface area contributed by atoms with Crippen molar-refractivity contribution in [3.63, 3.8) is 0 Å². The third kappa shape index (κ3) is 4.03. The summed E-state index contributed by atoms with van der Waals surface area (Å²) in [4.78, 5) is 11.6. The number of hydrogen-bond acceptors (Lipinski definition) is 4. The summed E-state index contributed by atoms with van der Waals surface area (Å²) in [5.74, 6) is -1.06. The Morgan fingerprint density at radius 2 is 2.24 bits per heavy atom. The van der Waals surface area contributed by atoms with Gasteiger partial charge in [0, 0.05) is 20.1 Å². The van der Waals surface area contributed by atoms with Crippen LogP contribution in [0.4, 0.5) is 10.1 Å². The molecule has 0 aromatic heterocycles. The molecule has 0 saturated carbocycles. The standard InChI is InChI=1S/C12H16FNO3/c1-8(5-6-16-2)17-12(15)9-3-4-10(13)11(14)7-9/h3-4,7-8H,5-6,14H2,1-2H3. The fourth-order valence-electron chi connectivity index (χ4n) is 1.26. The summed E-state index contributed by atoms with van der Waals surface area (Å²) < 4.78 is 22.9. The van der Waals surface area contributed by atoms with Crippen molar-refractivity contribution in [2.24, 2.45) is 0 Å². The van der Waals surface area contributed by atoms with Crippen LogP contribution < -0.4 is 5.73 Å². The van der Waals surface area contributed by atoms with Gasteiger partial charge in [0.25, 0.3) is 0 Å². The average Bonchev–Trinajstić information content (AvgIpc) is 2.30. The van der Waals surface area contributed by atoms with Gasteiger partial charge in [-0.3, -0.25) is 0 Å². The minimum Gasteiger partial charge on any atom is -0.459 e. The number of methoxy groups -OCH3 is 1. The van der Waals surface area contributed by atoms with Crippen LogP contribution >= 0.6 is 0 Å². The van der Waals surface area contributed by atoms with E-state index >= 15 is 0 Å². The maximum absolute atomic E-state index is 12.9. The van der Waals surface area contributed by atoms with Gasteiger partial charge in [0.2, 0.25) is 0 Å². The fourth-order valence-corrected chi connectivity index (χ4v) is 1.26. The molecule has 0 fully saturated rings. The molecule has 0 aliphatic rings. The van der Waals surface area contributed by atoms with Crippen LogP contribution in [0.1, 0.15) is 23.7 Å². The van der Waals surface area contributed by atoms with E-state index in [9.17, 15) is 9.18 Å². The average molecular weight is 241 g/mol. The van der Waals surface area contributed by atoms with Gasteiger partial charge in [0.15, 0.2) is 0 Å². The molecule has 1 aromatic carbocycles. The summed E-state index contributed by atoms with van der Waals surface area (Å²) in [5.41, 5.74) is 5.54. The number of rotatable bonds is 5. The van der Waals surface area contributed by atoms with Gasteiger partial charge in [-0.2, -0.15) is 0 Å². The number of hydrogen-bond donors (Lipinski definition) is 1. The molecule has 0 bridgehead atoms. The molecule has 0 aliphatic heterocycles. The molecule has 0 spiro atoms. The number of ether oxygens (including phenoxy) is 2. The number of carbonyl (C=O) groups is 1. The second-order valence-electron chi connectivity index (χ2n) is 3.73. The smallest absolute Gasteiger partial charge is 0.338 e. The lowest BCUT2D eigenvalue weighted by molar-refractivity contribution is 0.0267. The predicted octanol–water partition coefficient (Wildman–Crippen LogP) is 1.99. The Balaban J connectivity index is 2.60. The molecule has 0 saturated heterocycles. The first-order chi connectivity index (χ1) is 8.04. The molecule has 1 rings (SSSR count). The van der Waals surface area contributed by atoms with Crippen LogP contribution in [-0.2, 0) is 9.47 Å². The summed E-state index contributed by atoms with van der Waals surface area (Å²) in [5, 5.41) is 0. The van der Waals surface area contributed by atoms with E-state index < -0.39 is 11.8 Å². The molecule has 1 unspecified atom stereocenters. The lowest BCUT2D eigenvalue weighted by Gasteiger charge is -2.12. The van der Waals surface area contributed by atoms with E-state index in [0.717, 1.165) is 6.07 Å². The van der Waals surface area contributed by atoms with Gasteiger partial charge in [-0.1, -0.05) is 0 Å². The molecule has 0 amide bonds. The van der Waals surface area contributed by atoms with Crippen molar-refractivity contribution in [3.8, 4) is 0 Å². The van der Waals surface area contributed by atoms with Crippen molar-refractivity contribution in [1.82, 2.24) is 0 Å². The zero-order chi connectivity index (χ0) is 12.8. The van der Waals surface area contributed by atoms with Crippen LogP contribution in [0.25, 0.3) is 0 Å². The van der Waals surface area contributed by atoms with E-state index in [-0.39, 0.29) is 17.4 Å². The highest BCUT2D eigenvalue weighted by atomic mass is 19.1. The van der Waals surface area contributed by atoms with E-state index in [2.05, 4.69) is 0 Å². The maximum Gasteiger partial charge on any atom is 0.338 e. The molecule has 1 aromatic rings. The normalized spacial score (nSPS) is 12.2. The minimum atomic E-state index is -0.547. The SMILES string of the molecule is COCCC(C)OC(=O)c1ccc(F)c(N)c1. The molecule has 94 valence electrons. The van der Waals surface area contributed by atoms with Crippen molar-refractivity contribution in [1.29, 1.82) is 0 Å². The molecular weight excluding hydrogens is 225 g/mol. The summed E-state index contributed by atoms with van der Waals surface area (Å²) >= 11 is 0. The largest absolute Gasteiger partial charge is 0.459 e. The highest BCUT2D eigenvalue weighted by Gasteiger charge is 2.13. The van der Waals surface area contributed by atoms with Crippen LogP contribution in [0.15, 0.2) is 18.2 Å².